The second kappa shape index (κ2) is 8.52. The summed E-state index contributed by atoms with van der Waals surface area (Å²) < 4.78 is 6.02. The van der Waals surface area contributed by atoms with E-state index in [1.807, 2.05) is 37.3 Å². The molecule has 0 amide bonds. The van der Waals surface area contributed by atoms with Gasteiger partial charge in [-0.3, -0.25) is 19.8 Å². The van der Waals surface area contributed by atoms with E-state index in [1.165, 1.54) is 0 Å². The quantitative estimate of drug-likeness (QED) is 0.410. The topological polar surface area (TPSA) is 72.7 Å². The van der Waals surface area contributed by atoms with E-state index in [2.05, 4.69) is 11.8 Å². The summed E-state index contributed by atoms with van der Waals surface area (Å²) in [7, 11) is 0. The van der Waals surface area contributed by atoms with Crippen molar-refractivity contribution < 1.29 is 14.5 Å². The number of carbonyl (C=O) groups is 1. The minimum absolute atomic E-state index is 0.0449. The predicted octanol–water partition coefficient (Wildman–Crippen LogP) is 4.08. The smallest absolute Gasteiger partial charge is 0.306 e. The highest BCUT2D eigenvalue weighted by atomic mass is 16.6. The third kappa shape index (κ3) is 4.07. The Kier molecular flexibility index (Phi) is 6.09. The molecule has 2 aromatic rings. The molecule has 3 rings (SSSR count). The highest BCUT2D eigenvalue weighted by molar-refractivity contribution is 5.70. The zero-order valence-electron chi connectivity index (χ0n) is 16.3. The molecule has 6 heteroatoms. The van der Waals surface area contributed by atoms with Gasteiger partial charge in [0.2, 0.25) is 0 Å². The number of nitrogens with zero attached hydrogens (tertiary/aromatic N) is 2. The highest BCUT2D eigenvalue weighted by Crippen LogP contribution is 2.41. The zero-order chi connectivity index (χ0) is 20.1. The zero-order valence-corrected chi connectivity index (χ0v) is 16.3. The Hall–Kier alpha value is -2.73. The third-order valence-electron chi connectivity index (χ3n) is 5.67. The van der Waals surface area contributed by atoms with Crippen LogP contribution >= 0.6 is 0 Å². The van der Waals surface area contributed by atoms with Crippen LogP contribution < -0.4 is 0 Å². The average molecular weight is 382 g/mol. The SMILES string of the molecule is CCC(=O)OC1(c2ccccc2)CCN(CCc2ccc([N+](=O)[O-])cc2)C1C. The van der Waals surface area contributed by atoms with Gasteiger partial charge in [0, 0.05) is 38.1 Å². The summed E-state index contributed by atoms with van der Waals surface area (Å²) >= 11 is 0. The van der Waals surface area contributed by atoms with Crippen LogP contribution in [-0.2, 0) is 21.6 Å². The Labute approximate surface area is 165 Å². The number of likely N-dealkylation sites (tertiary alicyclic amines) is 1. The second-order valence-electron chi connectivity index (χ2n) is 7.22. The first-order chi connectivity index (χ1) is 13.5. The summed E-state index contributed by atoms with van der Waals surface area (Å²) in [5.41, 5.74) is 1.56. The third-order valence-corrected chi connectivity index (χ3v) is 5.67. The van der Waals surface area contributed by atoms with Gasteiger partial charge in [-0.25, -0.2) is 0 Å². The monoisotopic (exact) mass is 382 g/mol. The molecule has 2 atom stereocenters. The fourth-order valence-electron chi connectivity index (χ4n) is 3.95. The summed E-state index contributed by atoms with van der Waals surface area (Å²) in [4.78, 5) is 24.9. The lowest BCUT2D eigenvalue weighted by Gasteiger charge is -2.36. The van der Waals surface area contributed by atoms with Crippen LogP contribution in [0.25, 0.3) is 0 Å². The lowest BCUT2D eigenvalue weighted by Crippen LogP contribution is -2.44. The molecule has 6 nitrogen and oxygen atoms in total. The number of ether oxygens (including phenoxy) is 1. The van der Waals surface area contributed by atoms with Crippen molar-refractivity contribution in [3.63, 3.8) is 0 Å². The first kappa shape index (κ1) is 20.0. The van der Waals surface area contributed by atoms with Crippen LogP contribution in [0.4, 0.5) is 5.69 Å². The van der Waals surface area contributed by atoms with Gasteiger partial charge in [-0.2, -0.15) is 0 Å². The number of nitro groups is 1. The summed E-state index contributed by atoms with van der Waals surface area (Å²) in [6.07, 6.45) is 1.89. The molecule has 1 fully saturated rings. The van der Waals surface area contributed by atoms with Crippen molar-refractivity contribution in [2.24, 2.45) is 0 Å². The number of non-ortho nitro benzene ring substituents is 1. The number of esters is 1. The van der Waals surface area contributed by atoms with Crippen molar-refractivity contribution >= 4 is 11.7 Å². The van der Waals surface area contributed by atoms with Crippen LogP contribution in [0.1, 0.15) is 37.8 Å². The molecule has 28 heavy (non-hydrogen) atoms. The summed E-state index contributed by atoms with van der Waals surface area (Å²) in [6, 6.07) is 16.7. The van der Waals surface area contributed by atoms with Gasteiger partial charge < -0.3 is 4.74 Å². The van der Waals surface area contributed by atoms with Gasteiger partial charge in [-0.1, -0.05) is 49.4 Å². The average Bonchev–Trinajstić information content (AvgIpc) is 3.03. The van der Waals surface area contributed by atoms with Crippen molar-refractivity contribution in [1.82, 2.24) is 4.90 Å². The molecule has 1 saturated heterocycles. The predicted molar refractivity (Wildman–Crippen MR) is 107 cm³/mol. The minimum Gasteiger partial charge on any atom is -0.452 e. The van der Waals surface area contributed by atoms with Gasteiger partial charge in [-0.05, 0) is 24.5 Å². The van der Waals surface area contributed by atoms with Crippen molar-refractivity contribution in [1.29, 1.82) is 0 Å². The van der Waals surface area contributed by atoms with E-state index >= 15 is 0 Å². The molecule has 0 radical (unpaired) electrons. The lowest BCUT2D eigenvalue weighted by molar-refractivity contribution is -0.384. The van der Waals surface area contributed by atoms with Gasteiger partial charge in [0.05, 0.1) is 11.0 Å². The molecule has 0 N–H and O–H groups in total. The Bertz CT molecular complexity index is 822. The molecule has 2 unspecified atom stereocenters. The molecule has 0 bridgehead atoms. The van der Waals surface area contributed by atoms with Gasteiger partial charge in [0.15, 0.2) is 5.60 Å². The normalized spacial score (nSPS) is 22.1. The first-order valence-corrected chi connectivity index (χ1v) is 9.71. The molecule has 1 aliphatic heterocycles. The number of nitro benzene ring substituents is 1. The largest absolute Gasteiger partial charge is 0.452 e. The number of hydrogen-bond donors (Lipinski definition) is 0. The summed E-state index contributed by atoms with van der Waals surface area (Å²) in [5.74, 6) is -0.187. The molecule has 0 aromatic heterocycles. The highest BCUT2D eigenvalue weighted by Gasteiger charge is 2.49. The molecule has 148 valence electrons. The van der Waals surface area contributed by atoms with Crippen LogP contribution in [0.15, 0.2) is 54.6 Å². The van der Waals surface area contributed by atoms with Crippen LogP contribution in [-0.4, -0.2) is 34.9 Å². The van der Waals surface area contributed by atoms with Crippen LogP contribution in [0.3, 0.4) is 0 Å². The maximum Gasteiger partial charge on any atom is 0.306 e. The van der Waals surface area contributed by atoms with E-state index in [1.54, 1.807) is 24.3 Å². The van der Waals surface area contributed by atoms with Crippen LogP contribution in [0.5, 0.6) is 0 Å². The maximum absolute atomic E-state index is 12.2. The molecule has 0 aliphatic carbocycles. The Morgan fingerprint density at radius 1 is 1.21 bits per heavy atom. The van der Waals surface area contributed by atoms with E-state index in [0.29, 0.717) is 6.42 Å². The molecule has 2 aromatic carbocycles. The van der Waals surface area contributed by atoms with Crippen molar-refractivity contribution in [3.05, 3.63) is 75.8 Å². The van der Waals surface area contributed by atoms with Gasteiger partial charge in [0.1, 0.15) is 0 Å². The van der Waals surface area contributed by atoms with E-state index in [-0.39, 0.29) is 22.6 Å². The maximum atomic E-state index is 12.2. The second-order valence-corrected chi connectivity index (χ2v) is 7.22. The Morgan fingerprint density at radius 3 is 2.50 bits per heavy atom. The first-order valence-electron chi connectivity index (χ1n) is 9.71. The number of carbonyl (C=O) groups excluding carboxylic acids is 1. The Morgan fingerprint density at radius 2 is 1.89 bits per heavy atom. The number of benzene rings is 2. The van der Waals surface area contributed by atoms with E-state index in [0.717, 1.165) is 37.1 Å². The Balaban J connectivity index is 1.74. The molecule has 1 aliphatic rings. The fraction of sp³-hybridized carbons (Fsp3) is 0.409. The molecule has 0 spiro atoms. The molecule has 1 heterocycles. The van der Waals surface area contributed by atoms with Crippen molar-refractivity contribution in [3.8, 4) is 0 Å². The lowest BCUT2D eigenvalue weighted by atomic mass is 9.86. The van der Waals surface area contributed by atoms with Gasteiger partial charge >= 0.3 is 5.97 Å². The van der Waals surface area contributed by atoms with Gasteiger partial charge in [-0.15, -0.1) is 0 Å². The summed E-state index contributed by atoms with van der Waals surface area (Å²) in [6.45, 7) is 5.56. The molecule has 0 saturated carbocycles. The van der Waals surface area contributed by atoms with Crippen LogP contribution in [0.2, 0.25) is 0 Å². The van der Waals surface area contributed by atoms with E-state index < -0.39 is 5.60 Å². The van der Waals surface area contributed by atoms with Crippen LogP contribution in [0, 0.1) is 10.1 Å². The number of rotatable bonds is 7. The summed E-state index contributed by atoms with van der Waals surface area (Å²) in [5, 5.41) is 10.8. The van der Waals surface area contributed by atoms with E-state index in [9.17, 15) is 14.9 Å². The molecular weight excluding hydrogens is 356 g/mol. The fourth-order valence-corrected chi connectivity index (χ4v) is 3.95. The van der Waals surface area contributed by atoms with Gasteiger partial charge in [0.25, 0.3) is 5.69 Å². The van der Waals surface area contributed by atoms with Crippen molar-refractivity contribution in [2.45, 2.75) is 44.8 Å². The standard InChI is InChI=1S/C22H26N2O4/c1-3-21(25)28-22(19-7-5-4-6-8-19)14-16-23(17(22)2)15-13-18-9-11-20(12-10-18)24(26)27/h4-12,17H,3,13-16H2,1-2H3. The number of hydrogen-bond acceptors (Lipinski definition) is 5. The minimum atomic E-state index is -0.635. The van der Waals surface area contributed by atoms with Crippen molar-refractivity contribution in [2.75, 3.05) is 13.1 Å². The molecular formula is C22H26N2O4. The van der Waals surface area contributed by atoms with E-state index in [4.69, 9.17) is 4.74 Å².